The minimum Gasteiger partial charge on any atom is -0.285 e. The highest BCUT2D eigenvalue weighted by Crippen LogP contribution is 2.51. The summed E-state index contributed by atoms with van der Waals surface area (Å²) in [5.74, 6) is -0.512. The summed E-state index contributed by atoms with van der Waals surface area (Å²) in [7, 11) is -2.81. The molecule has 0 radical (unpaired) electrons. The Labute approximate surface area is 142 Å². The van der Waals surface area contributed by atoms with E-state index in [1.807, 2.05) is 17.8 Å². The van der Waals surface area contributed by atoms with Crippen LogP contribution in [0.25, 0.3) is 4.91 Å². The van der Waals surface area contributed by atoms with Gasteiger partial charge in [0.05, 0.1) is 21.0 Å². The van der Waals surface area contributed by atoms with Crippen LogP contribution in [0.5, 0.6) is 0 Å². The minimum atomic E-state index is -1.47. The number of thiophene rings is 1. The normalized spacial score (nSPS) is 22.2. The molecule has 22 heavy (non-hydrogen) atoms. The van der Waals surface area contributed by atoms with Gasteiger partial charge < -0.3 is 0 Å². The Bertz CT molecular complexity index is 717. The predicted octanol–water partition coefficient (Wildman–Crippen LogP) is 4.15. The molecule has 2 nitrogen and oxygen atoms in total. The van der Waals surface area contributed by atoms with Crippen molar-refractivity contribution >= 4 is 60.2 Å². The maximum Gasteiger partial charge on any atom is 0.234 e. The van der Waals surface area contributed by atoms with Gasteiger partial charge in [-0.15, -0.1) is 23.1 Å². The first-order chi connectivity index (χ1) is 10.00. The fourth-order valence-electron chi connectivity index (χ4n) is 2.76. The van der Waals surface area contributed by atoms with E-state index < -0.39 is 16.1 Å². The van der Waals surface area contributed by atoms with Crippen molar-refractivity contribution in [2.75, 3.05) is 0 Å². The van der Waals surface area contributed by atoms with Crippen molar-refractivity contribution in [1.29, 1.82) is 0 Å². The van der Waals surface area contributed by atoms with Crippen LogP contribution in [0.1, 0.15) is 21.7 Å². The summed E-state index contributed by atoms with van der Waals surface area (Å²) in [6.07, 6.45) is 0.792. The first kappa shape index (κ1) is 16.4. The molecule has 0 saturated heterocycles. The molecule has 1 atom stereocenters. The topological polar surface area (TPSA) is 34.1 Å². The molecule has 1 aromatic heterocycles. The van der Waals surface area contributed by atoms with E-state index >= 15 is 0 Å². The van der Waals surface area contributed by atoms with E-state index in [9.17, 15) is 9.59 Å². The van der Waals surface area contributed by atoms with Gasteiger partial charge in [0.2, 0.25) is 11.6 Å². The van der Waals surface area contributed by atoms with Gasteiger partial charge in [-0.25, -0.2) is 0 Å². The summed E-state index contributed by atoms with van der Waals surface area (Å²) in [6, 6.07) is 2.01. The molecule has 0 fully saturated rings. The molecule has 3 rings (SSSR count). The van der Waals surface area contributed by atoms with Crippen LogP contribution in [0.4, 0.5) is 0 Å². The number of ketones is 2. The van der Waals surface area contributed by atoms with Gasteiger partial charge >= 0.3 is 0 Å². The Morgan fingerprint density at radius 1 is 1.05 bits per heavy atom. The minimum absolute atomic E-state index is 0.240. The van der Waals surface area contributed by atoms with Gasteiger partial charge in [-0.2, -0.15) is 0 Å². The second-order valence-electron chi connectivity index (χ2n) is 8.25. The molecule has 118 valence electrons. The van der Waals surface area contributed by atoms with E-state index in [0.29, 0.717) is 10.4 Å². The summed E-state index contributed by atoms with van der Waals surface area (Å²) in [5, 5.41) is 0. The molecule has 2 aliphatic rings. The van der Waals surface area contributed by atoms with Crippen molar-refractivity contribution in [3.63, 3.8) is 0 Å². The number of rotatable bonds is 2. The van der Waals surface area contributed by atoms with Crippen LogP contribution < -0.4 is 4.50 Å². The van der Waals surface area contributed by atoms with Crippen molar-refractivity contribution in [3.05, 3.63) is 22.1 Å². The first-order valence-corrected chi connectivity index (χ1v) is 16.4. The molecule has 0 spiro atoms. The third-order valence-electron chi connectivity index (χ3n) is 4.29. The van der Waals surface area contributed by atoms with Crippen LogP contribution in [0.15, 0.2) is 11.6 Å². The molecule has 1 aliphatic heterocycles. The lowest BCUT2D eigenvalue weighted by Crippen LogP contribution is -2.35. The highest BCUT2D eigenvalue weighted by atomic mass is 32.2. The van der Waals surface area contributed by atoms with Crippen LogP contribution >= 0.6 is 23.1 Å². The second kappa shape index (κ2) is 5.03. The van der Waals surface area contributed by atoms with E-state index in [0.717, 1.165) is 21.8 Å². The third-order valence-corrected chi connectivity index (χ3v) is 14.9. The number of Topliss-reactive ketones (excluding diaryl/α,β-unsaturated/α-hetero) is 2. The predicted molar refractivity (Wildman–Crippen MR) is 103 cm³/mol. The van der Waals surface area contributed by atoms with Gasteiger partial charge in [0.15, 0.2) is 0 Å². The average Bonchev–Trinajstić information content (AvgIpc) is 2.98. The Morgan fingerprint density at radius 2 is 1.68 bits per heavy atom. The zero-order valence-electron chi connectivity index (χ0n) is 14.0. The van der Waals surface area contributed by atoms with Crippen molar-refractivity contribution in [3.8, 4) is 0 Å². The number of hydrogen-bond donors (Lipinski definition) is 0. The lowest BCUT2D eigenvalue weighted by Gasteiger charge is -2.23. The fraction of sp³-hybridized carbons (Fsp3) is 0.500. The lowest BCUT2D eigenvalue weighted by molar-refractivity contribution is -0.111. The van der Waals surface area contributed by atoms with Gasteiger partial charge in [-0.1, -0.05) is 39.3 Å². The van der Waals surface area contributed by atoms with Crippen molar-refractivity contribution in [2.45, 2.75) is 50.6 Å². The molecule has 0 bridgehead atoms. The SMILES string of the molecule is C[Si](C)(C)c1cc2c(s1)C1=C(CC([Si](C)(C)C)S1)C(=O)C2=O. The maximum absolute atomic E-state index is 12.5. The number of thioether (sulfide) groups is 1. The molecule has 0 saturated carbocycles. The Morgan fingerprint density at radius 3 is 2.23 bits per heavy atom. The summed E-state index contributed by atoms with van der Waals surface area (Å²) in [4.78, 5) is 27.7. The van der Waals surface area contributed by atoms with Crippen molar-refractivity contribution in [1.82, 2.24) is 0 Å². The molecule has 2 heterocycles. The monoisotopic (exact) mass is 366 g/mol. The van der Waals surface area contributed by atoms with E-state index in [1.165, 1.54) is 4.50 Å². The number of hydrogen-bond acceptors (Lipinski definition) is 4. The number of carbonyl (C=O) groups is 2. The summed E-state index contributed by atoms with van der Waals surface area (Å²) >= 11 is 3.63. The van der Waals surface area contributed by atoms with Crippen LogP contribution in [0, 0.1) is 0 Å². The van der Waals surface area contributed by atoms with E-state index in [1.54, 1.807) is 11.3 Å². The summed E-state index contributed by atoms with van der Waals surface area (Å²) < 4.78 is 1.32. The third kappa shape index (κ3) is 2.54. The van der Waals surface area contributed by atoms with Gasteiger partial charge in [-0.05, 0) is 17.0 Å². The maximum atomic E-state index is 12.5. The Kier molecular flexibility index (Phi) is 3.75. The molecule has 0 amide bonds. The molecule has 1 unspecified atom stereocenters. The first-order valence-electron chi connectivity index (χ1n) is 7.63. The largest absolute Gasteiger partial charge is 0.285 e. The van der Waals surface area contributed by atoms with Gasteiger partial charge in [0.1, 0.15) is 0 Å². The number of fused-ring (bicyclic) bond motifs is 2. The Balaban J connectivity index is 2.10. The van der Waals surface area contributed by atoms with Gasteiger partial charge in [0.25, 0.3) is 0 Å². The van der Waals surface area contributed by atoms with E-state index in [-0.39, 0.29) is 11.6 Å². The van der Waals surface area contributed by atoms with E-state index in [2.05, 4.69) is 39.3 Å². The second-order valence-corrected chi connectivity index (χ2v) is 21.8. The zero-order valence-corrected chi connectivity index (χ0v) is 17.6. The summed E-state index contributed by atoms with van der Waals surface area (Å²) in [5.41, 5.74) is 1.48. The molecular weight excluding hydrogens is 344 g/mol. The van der Waals surface area contributed by atoms with Crippen LogP contribution in [-0.2, 0) is 4.79 Å². The summed E-state index contributed by atoms with van der Waals surface area (Å²) in [6.45, 7) is 13.9. The molecule has 0 N–H and O–H groups in total. The van der Waals surface area contributed by atoms with Crippen LogP contribution in [0.3, 0.4) is 0 Å². The molecule has 0 aromatic carbocycles. The van der Waals surface area contributed by atoms with Gasteiger partial charge in [-0.3, -0.25) is 9.59 Å². The zero-order chi connectivity index (χ0) is 16.4. The van der Waals surface area contributed by atoms with Crippen molar-refractivity contribution < 1.29 is 9.59 Å². The van der Waals surface area contributed by atoms with Crippen LogP contribution in [0.2, 0.25) is 39.3 Å². The number of allylic oxidation sites excluding steroid dienone is 1. The van der Waals surface area contributed by atoms with E-state index in [4.69, 9.17) is 0 Å². The smallest absolute Gasteiger partial charge is 0.234 e. The Hall–Kier alpha value is -0.436. The molecule has 1 aromatic rings. The highest BCUT2D eigenvalue weighted by molar-refractivity contribution is 8.11. The fourth-order valence-corrected chi connectivity index (χ4v) is 9.67. The lowest BCUT2D eigenvalue weighted by atomic mass is 9.94. The van der Waals surface area contributed by atoms with Gasteiger partial charge in [0, 0.05) is 20.9 Å². The number of carbonyl (C=O) groups excluding carboxylic acids is 2. The average molecular weight is 367 g/mol. The highest BCUT2D eigenvalue weighted by Gasteiger charge is 2.44. The quantitative estimate of drug-likeness (QED) is 0.582. The standard InChI is InChI=1S/C16H22O2S2Si2/c1-21(2,3)11-7-9-13(17)14(18)10-8-12(22(4,5)6)20-16(10)15(9)19-11/h7,12H,8H2,1-6H3. The molecule has 1 aliphatic carbocycles. The molecular formula is C16H22O2S2Si2. The molecule has 6 heteroatoms. The van der Waals surface area contributed by atoms with Crippen LogP contribution in [-0.4, -0.2) is 32.6 Å². The van der Waals surface area contributed by atoms with Crippen molar-refractivity contribution in [2.24, 2.45) is 0 Å².